The number of aryl methyl sites for hydroxylation is 2. The molecule has 0 bridgehead atoms. The van der Waals surface area contributed by atoms with Crippen LogP contribution in [0.25, 0.3) is 33.3 Å². The van der Waals surface area contributed by atoms with E-state index in [1.165, 1.54) is 19.1 Å². The molecule has 0 radical (unpaired) electrons. The first-order valence-corrected chi connectivity index (χ1v) is 11.2. The lowest BCUT2D eigenvalue weighted by Gasteiger charge is -2.23. The van der Waals surface area contributed by atoms with Crippen LogP contribution in [0.1, 0.15) is 40.5 Å². The van der Waals surface area contributed by atoms with Crippen LogP contribution in [0.2, 0.25) is 0 Å². The molecule has 5 nitrogen and oxygen atoms in total. The topological polar surface area (TPSA) is 60.1 Å². The number of fused-ring (bicyclic) bond motifs is 4. The number of imidazole rings is 1. The highest BCUT2D eigenvalue weighted by Crippen LogP contribution is 2.40. The van der Waals surface area contributed by atoms with Gasteiger partial charge in [-0.3, -0.25) is 0 Å². The molecule has 184 valence electrons. The van der Waals surface area contributed by atoms with Gasteiger partial charge in [0, 0.05) is 41.5 Å². The maximum Gasteiger partial charge on any atom is 0.406 e. The molecule has 0 aliphatic heterocycles. The second-order valence-corrected chi connectivity index (χ2v) is 8.98. The number of rotatable bonds is 4. The third-order valence-corrected chi connectivity index (χ3v) is 6.77. The number of nitrogens with zero attached hydrogens (tertiary/aromatic N) is 3. The molecular formula is C25H22F5N3O2. The van der Waals surface area contributed by atoms with Crippen molar-refractivity contribution in [2.45, 2.75) is 58.3 Å². The van der Waals surface area contributed by atoms with E-state index in [1.807, 2.05) is 11.5 Å². The van der Waals surface area contributed by atoms with E-state index in [0.717, 1.165) is 15.8 Å². The highest BCUT2D eigenvalue weighted by atomic mass is 19.4. The van der Waals surface area contributed by atoms with Gasteiger partial charge in [0.05, 0.1) is 16.6 Å². The summed E-state index contributed by atoms with van der Waals surface area (Å²) in [6.45, 7) is 2.69. The Morgan fingerprint density at radius 3 is 2.51 bits per heavy atom. The molecule has 0 atom stereocenters. The average molecular weight is 491 g/mol. The standard InChI is InChI=1S/C25H22F5N3O2/c1-3-32-18-6-4-14(10-16(18)17-11-24(26,27)9-8-19(17)32)22-31-21-13(2)15(23(34)35)5-7-20(21)33(22)12-25(28,29)30/h4-7,10H,3,8-9,11-12H2,1-2H3,(H,34,35). The van der Waals surface area contributed by atoms with Crippen molar-refractivity contribution in [1.29, 1.82) is 0 Å². The van der Waals surface area contributed by atoms with Crippen molar-refractivity contribution in [2.75, 3.05) is 0 Å². The first-order valence-electron chi connectivity index (χ1n) is 11.2. The molecule has 10 heteroatoms. The highest BCUT2D eigenvalue weighted by Gasteiger charge is 2.37. The van der Waals surface area contributed by atoms with Crippen LogP contribution in [-0.4, -0.2) is 37.3 Å². The van der Waals surface area contributed by atoms with Crippen molar-refractivity contribution in [1.82, 2.24) is 14.1 Å². The molecule has 2 aromatic carbocycles. The lowest BCUT2D eigenvalue weighted by molar-refractivity contribution is -0.139. The molecule has 2 heterocycles. The fourth-order valence-electron chi connectivity index (χ4n) is 5.23. The Hall–Kier alpha value is -3.43. The Balaban J connectivity index is 1.77. The Kier molecular flexibility index (Phi) is 5.19. The largest absolute Gasteiger partial charge is 0.478 e. The van der Waals surface area contributed by atoms with Crippen LogP contribution >= 0.6 is 0 Å². The number of halogens is 5. The quantitative estimate of drug-likeness (QED) is 0.338. The van der Waals surface area contributed by atoms with Crippen LogP contribution in [0.15, 0.2) is 30.3 Å². The number of carboxylic acid groups (broad SMARTS) is 1. The van der Waals surface area contributed by atoms with Crippen molar-refractivity contribution >= 4 is 27.9 Å². The maximum absolute atomic E-state index is 14.3. The van der Waals surface area contributed by atoms with E-state index < -0.39 is 31.0 Å². The summed E-state index contributed by atoms with van der Waals surface area (Å²) in [5, 5.41) is 10.0. The molecule has 1 aliphatic rings. The number of carboxylic acids is 1. The summed E-state index contributed by atoms with van der Waals surface area (Å²) in [7, 11) is 0. The van der Waals surface area contributed by atoms with Gasteiger partial charge in [0.25, 0.3) is 5.92 Å². The molecule has 0 unspecified atom stereocenters. The molecule has 5 rings (SSSR count). The summed E-state index contributed by atoms with van der Waals surface area (Å²) in [6, 6.07) is 7.59. The van der Waals surface area contributed by atoms with E-state index in [0.29, 0.717) is 23.1 Å². The summed E-state index contributed by atoms with van der Waals surface area (Å²) in [5.74, 6) is -4.04. The van der Waals surface area contributed by atoms with Crippen LogP contribution in [0.3, 0.4) is 0 Å². The van der Waals surface area contributed by atoms with Gasteiger partial charge in [0.1, 0.15) is 12.4 Å². The molecule has 0 spiro atoms. The minimum absolute atomic E-state index is 0.00503. The van der Waals surface area contributed by atoms with Crippen LogP contribution in [0.4, 0.5) is 22.0 Å². The van der Waals surface area contributed by atoms with Gasteiger partial charge in [-0.15, -0.1) is 0 Å². The van der Waals surface area contributed by atoms with Crippen molar-refractivity contribution in [3.63, 3.8) is 0 Å². The number of hydrogen-bond donors (Lipinski definition) is 1. The van der Waals surface area contributed by atoms with Crippen molar-refractivity contribution < 1.29 is 31.9 Å². The fourth-order valence-corrected chi connectivity index (χ4v) is 5.23. The predicted octanol–water partition coefficient (Wildman–Crippen LogP) is 6.37. The van der Waals surface area contributed by atoms with Crippen LogP contribution in [0.5, 0.6) is 0 Å². The number of benzene rings is 2. The van der Waals surface area contributed by atoms with Gasteiger partial charge in [-0.05, 0) is 61.7 Å². The average Bonchev–Trinajstić information content (AvgIpc) is 3.27. The minimum atomic E-state index is -4.56. The van der Waals surface area contributed by atoms with E-state index in [9.17, 15) is 31.9 Å². The Bertz CT molecular complexity index is 1500. The number of aromatic carboxylic acids is 1. The first-order chi connectivity index (χ1) is 16.4. The van der Waals surface area contributed by atoms with Crippen LogP contribution in [-0.2, 0) is 25.9 Å². The number of hydrogen-bond acceptors (Lipinski definition) is 2. The van der Waals surface area contributed by atoms with E-state index in [-0.39, 0.29) is 40.8 Å². The van der Waals surface area contributed by atoms with Gasteiger partial charge in [0.2, 0.25) is 0 Å². The third-order valence-electron chi connectivity index (χ3n) is 6.77. The number of alkyl halides is 5. The zero-order valence-corrected chi connectivity index (χ0v) is 19.0. The maximum atomic E-state index is 14.3. The predicted molar refractivity (Wildman–Crippen MR) is 121 cm³/mol. The molecule has 0 saturated heterocycles. The van der Waals surface area contributed by atoms with E-state index in [4.69, 9.17) is 0 Å². The third kappa shape index (κ3) is 3.84. The van der Waals surface area contributed by atoms with E-state index >= 15 is 0 Å². The van der Waals surface area contributed by atoms with E-state index in [1.54, 1.807) is 18.2 Å². The second kappa shape index (κ2) is 7.79. The Morgan fingerprint density at radius 1 is 1.14 bits per heavy atom. The zero-order valence-electron chi connectivity index (χ0n) is 19.0. The molecule has 0 saturated carbocycles. The summed E-state index contributed by atoms with van der Waals surface area (Å²) in [6.07, 6.45) is -4.99. The number of carbonyl (C=O) groups is 1. The monoisotopic (exact) mass is 491 g/mol. The molecule has 4 aromatic rings. The lowest BCUT2D eigenvalue weighted by atomic mass is 9.92. The molecule has 0 fully saturated rings. The summed E-state index contributed by atoms with van der Waals surface area (Å²) < 4.78 is 72.2. The normalized spacial score (nSPS) is 15.6. The molecule has 35 heavy (non-hydrogen) atoms. The lowest BCUT2D eigenvalue weighted by Crippen LogP contribution is -2.26. The second-order valence-electron chi connectivity index (χ2n) is 8.98. The van der Waals surface area contributed by atoms with Crippen molar-refractivity contribution in [2.24, 2.45) is 0 Å². The summed E-state index contributed by atoms with van der Waals surface area (Å²) >= 11 is 0. The van der Waals surface area contributed by atoms with Crippen molar-refractivity contribution in [3.8, 4) is 11.4 Å². The van der Waals surface area contributed by atoms with Gasteiger partial charge >= 0.3 is 12.1 Å². The molecule has 1 N–H and O–H groups in total. The summed E-state index contributed by atoms with van der Waals surface area (Å²) in [4.78, 5) is 16.0. The van der Waals surface area contributed by atoms with Gasteiger partial charge in [-0.2, -0.15) is 13.2 Å². The van der Waals surface area contributed by atoms with Gasteiger partial charge in [-0.1, -0.05) is 0 Å². The fraction of sp³-hybridized carbons (Fsp3) is 0.360. The zero-order chi connectivity index (χ0) is 25.3. The van der Waals surface area contributed by atoms with Gasteiger partial charge in [-0.25, -0.2) is 18.6 Å². The van der Waals surface area contributed by atoms with Gasteiger partial charge in [0.15, 0.2) is 0 Å². The Labute approximate surface area is 196 Å². The van der Waals surface area contributed by atoms with Gasteiger partial charge < -0.3 is 14.2 Å². The SMILES string of the molecule is CCn1c2c(c3cc(-c4nc5c(C)c(C(=O)O)ccc5n4CC(F)(F)F)ccc31)CC(F)(F)CC2. The highest BCUT2D eigenvalue weighted by molar-refractivity contribution is 5.97. The van der Waals surface area contributed by atoms with Crippen molar-refractivity contribution in [3.05, 3.63) is 52.7 Å². The summed E-state index contributed by atoms with van der Waals surface area (Å²) in [5.41, 5.74) is 2.96. The Morgan fingerprint density at radius 2 is 1.86 bits per heavy atom. The smallest absolute Gasteiger partial charge is 0.406 e. The van der Waals surface area contributed by atoms with Crippen LogP contribution in [0, 0.1) is 6.92 Å². The molecule has 1 aliphatic carbocycles. The molecule has 0 amide bonds. The first kappa shape index (κ1) is 23.3. The van der Waals surface area contributed by atoms with Crippen LogP contribution < -0.4 is 0 Å². The molecular weight excluding hydrogens is 469 g/mol. The van der Waals surface area contributed by atoms with E-state index in [2.05, 4.69) is 4.98 Å². The number of aromatic nitrogens is 3. The minimum Gasteiger partial charge on any atom is -0.478 e. The molecule has 2 aromatic heterocycles.